The minimum Gasteiger partial charge on any atom is -0.497 e. The Bertz CT molecular complexity index is 980. The number of carbonyl (C=O) groups is 1. The fourth-order valence-electron chi connectivity index (χ4n) is 3.31. The monoisotopic (exact) mass is 362 g/mol. The molecule has 0 fully saturated rings. The number of hydrogen-bond acceptors (Lipinski definition) is 4. The first-order chi connectivity index (χ1) is 13.1. The van der Waals surface area contributed by atoms with Crippen molar-refractivity contribution in [3.63, 3.8) is 0 Å². The molecule has 2 heterocycles. The molecule has 1 atom stereocenters. The van der Waals surface area contributed by atoms with Gasteiger partial charge in [-0.2, -0.15) is 5.10 Å². The number of methoxy groups -OCH3 is 1. The first kappa shape index (κ1) is 17.3. The summed E-state index contributed by atoms with van der Waals surface area (Å²) in [6.45, 7) is 3.28. The summed E-state index contributed by atoms with van der Waals surface area (Å²) in [7, 11) is 1.63. The van der Waals surface area contributed by atoms with Crippen LogP contribution in [-0.4, -0.2) is 29.3 Å². The number of hydrogen-bond donors (Lipinski definition) is 2. The van der Waals surface area contributed by atoms with Crippen molar-refractivity contribution < 1.29 is 9.53 Å². The van der Waals surface area contributed by atoms with Gasteiger partial charge < -0.3 is 10.1 Å². The molecular formula is C21H22N4O2. The van der Waals surface area contributed by atoms with Crippen LogP contribution in [0.4, 0.5) is 0 Å². The van der Waals surface area contributed by atoms with E-state index in [4.69, 9.17) is 9.84 Å². The molecule has 0 aliphatic carbocycles. The van der Waals surface area contributed by atoms with Crippen molar-refractivity contribution in [2.45, 2.75) is 19.6 Å². The molecule has 138 valence electrons. The Labute approximate surface area is 158 Å². The normalized spacial score (nSPS) is 15.9. The highest BCUT2D eigenvalue weighted by atomic mass is 16.5. The number of nitrogens with zero attached hydrogens (tertiary/aromatic N) is 2. The van der Waals surface area contributed by atoms with E-state index in [1.807, 2.05) is 30.3 Å². The zero-order chi connectivity index (χ0) is 18.8. The summed E-state index contributed by atoms with van der Waals surface area (Å²) in [6, 6.07) is 17.9. The van der Waals surface area contributed by atoms with E-state index in [1.54, 1.807) is 11.8 Å². The van der Waals surface area contributed by atoms with Crippen LogP contribution in [-0.2, 0) is 6.54 Å². The molecule has 27 heavy (non-hydrogen) atoms. The second-order valence-electron chi connectivity index (χ2n) is 6.69. The molecule has 1 aliphatic rings. The van der Waals surface area contributed by atoms with E-state index in [0.717, 1.165) is 17.0 Å². The van der Waals surface area contributed by atoms with Gasteiger partial charge in [-0.15, -0.1) is 0 Å². The van der Waals surface area contributed by atoms with Gasteiger partial charge in [0.05, 0.1) is 19.3 Å². The summed E-state index contributed by atoms with van der Waals surface area (Å²) in [5.41, 5.74) is 4.66. The molecule has 0 radical (unpaired) electrons. The number of benzene rings is 2. The van der Waals surface area contributed by atoms with Gasteiger partial charge >= 0.3 is 0 Å². The van der Waals surface area contributed by atoms with Crippen LogP contribution in [0.3, 0.4) is 0 Å². The van der Waals surface area contributed by atoms with Crippen LogP contribution < -0.4 is 15.4 Å². The van der Waals surface area contributed by atoms with Crippen LogP contribution >= 0.6 is 0 Å². The van der Waals surface area contributed by atoms with Crippen molar-refractivity contribution in [2.75, 3.05) is 13.7 Å². The number of fused-ring (bicyclic) bond motifs is 1. The van der Waals surface area contributed by atoms with E-state index in [-0.39, 0.29) is 12.1 Å². The van der Waals surface area contributed by atoms with Crippen molar-refractivity contribution >= 4 is 5.91 Å². The average Bonchev–Trinajstić information content (AvgIpc) is 3.14. The number of aromatic nitrogens is 2. The van der Waals surface area contributed by atoms with Gasteiger partial charge in [-0.3, -0.25) is 10.1 Å². The predicted octanol–water partition coefficient (Wildman–Crippen LogP) is 2.90. The van der Waals surface area contributed by atoms with E-state index in [1.165, 1.54) is 11.1 Å². The third kappa shape index (κ3) is 3.57. The lowest BCUT2D eigenvalue weighted by atomic mass is 10.1. The van der Waals surface area contributed by atoms with E-state index in [2.05, 4.69) is 41.8 Å². The zero-order valence-electron chi connectivity index (χ0n) is 15.4. The highest BCUT2D eigenvalue weighted by Crippen LogP contribution is 2.26. The van der Waals surface area contributed by atoms with Gasteiger partial charge in [0.2, 0.25) is 0 Å². The smallest absolute Gasteiger partial charge is 0.269 e. The zero-order valence-corrected chi connectivity index (χ0v) is 15.4. The molecule has 6 heteroatoms. The van der Waals surface area contributed by atoms with Gasteiger partial charge in [-0.05, 0) is 30.7 Å². The Morgan fingerprint density at radius 1 is 1.22 bits per heavy atom. The van der Waals surface area contributed by atoms with Crippen molar-refractivity contribution in [2.24, 2.45) is 0 Å². The summed E-state index contributed by atoms with van der Waals surface area (Å²) < 4.78 is 7.07. The first-order valence-electron chi connectivity index (χ1n) is 8.95. The highest BCUT2D eigenvalue weighted by molar-refractivity contribution is 5.94. The largest absolute Gasteiger partial charge is 0.497 e. The van der Waals surface area contributed by atoms with Crippen LogP contribution in [0.1, 0.15) is 27.8 Å². The van der Waals surface area contributed by atoms with Crippen LogP contribution in [0.15, 0.2) is 54.6 Å². The van der Waals surface area contributed by atoms with Crippen LogP contribution in [0, 0.1) is 6.92 Å². The Morgan fingerprint density at radius 3 is 2.89 bits per heavy atom. The molecule has 0 saturated carbocycles. The molecule has 1 aromatic heterocycles. The minimum atomic E-state index is -0.106. The van der Waals surface area contributed by atoms with Gasteiger partial charge in [0.25, 0.3) is 5.91 Å². The molecule has 2 aromatic carbocycles. The fourth-order valence-corrected chi connectivity index (χ4v) is 3.31. The maximum absolute atomic E-state index is 12.3. The molecule has 0 saturated heterocycles. The molecule has 6 nitrogen and oxygen atoms in total. The van der Waals surface area contributed by atoms with Gasteiger partial charge in [-0.1, -0.05) is 42.0 Å². The summed E-state index contributed by atoms with van der Waals surface area (Å²) in [4.78, 5) is 12.3. The van der Waals surface area contributed by atoms with Gasteiger partial charge in [0.15, 0.2) is 0 Å². The summed E-state index contributed by atoms with van der Waals surface area (Å²) in [5.74, 6) is 0.655. The van der Waals surface area contributed by atoms with Crippen LogP contribution in [0.25, 0.3) is 11.3 Å². The number of rotatable bonds is 5. The van der Waals surface area contributed by atoms with E-state index < -0.39 is 0 Å². The molecule has 3 aromatic rings. The number of nitrogens with one attached hydrogen (secondary N) is 2. The molecule has 0 unspecified atom stereocenters. The highest BCUT2D eigenvalue weighted by Gasteiger charge is 2.27. The lowest BCUT2D eigenvalue weighted by Crippen LogP contribution is -2.45. The van der Waals surface area contributed by atoms with Crippen molar-refractivity contribution in [1.29, 1.82) is 0 Å². The molecular weight excluding hydrogens is 340 g/mol. The number of aryl methyl sites for hydroxylation is 1. The van der Waals surface area contributed by atoms with Gasteiger partial charge in [-0.25, -0.2) is 4.68 Å². The predicted molar refractivity (Wildman–Crippen MR) is 104 cm³/mol. The lowest BCUT2D eigenvalue weighted by Gasteiger charge is -2.25. The fraction of sp³-hybridized carbons (Fsp3) is 0.238. The van der Waals surface area contributed by atoms with Crippen molar-refractivity contribution in [3.05, 3.63) is 71.4 Å². The Balaban J connectivity index is 1.60. The Morgan fingerprint density at radius 2 is 2.07 bits per heavy atom. The average molecular weight is 362 g/mol. The molecule has 0 spiro atoms. The molecule has 0 bridgehead atoms. The Hall–Kier alpha value is -3.12. The summed E-state index contributed by atoms with van der Waals surface area (Å²) in [6.07, 6.45) is -0.0995. The lowest BCUT2D eigenvalue weighted by molar-refractivity contribution is 0.0900. The number of amides is 1. The second-order valence-corrected chi connectivity index (χ2v) is 6.69. The van der Waals surface area contributed by atoms with Crippen molar-refractivity contribution in [1.82, 2.24) is 20.4 Å². The number of carbonyl (C=O) groups excluding carboxylic acids is 1. The third-order valence-electron chi connectivity index (χ3n) is 4.71. The molecule has 1 aliphatic heterocycles. The first-order valence-corrected chi connectivity index (χ1v) is 8.95. The van der Waals surface area contributed by atoms with E-state index >= 15 is 0 Å². The summed E-state index contributed by atoms with van der Waals surface area (Å²) >= 11 is 0. The minimum absolute atomic E-state index is 0.0995. The Kier molecular flexibility index (Phi) is 4.64. The quantitative estimate of drug-likeness (QED) is 0.732. The molecule has 4 rings (SSSR count). The van der Waals surface area contributed by atoms with Crippen molar-refractivity contribution in [3.8, 4) is 17.0 Å². The third-order valence-corrected chi connectivity index (χ3v) is 4.71. The van der Waals surface area contributed by atoms with Gasteiger partial charge in [0.1, 0.15) is 17.6 Å². The standard InChI is InChI=1S/C21H22N4O2/c1-14-5-3-6-15(9-14)12-22-20-13-23-21(26)19-11-18(24-25(19)20)16-7-4-8-17(10-16)27-2/h3-11,20,22H,12-13H2,1-2H3,(H,23,26)/t20-/m1/s1. The number of ether oxygens (including phenoxy) is 1. The van der Waals surface area contributed by atoms with Crippen LogP contribution in [0.2, 0.25) is 0 Å². The topological polar surface area (TPSA) is 68.2 Å². The van der Waals surface area contributed by atoms with E-state index in [9.17, 15) is 4.79 Å². The van der Waals surface area contributed by atoms with Gasteiger partial charge in [0, 0.05) is 12.1 Å². The maximum Gasteiger partial charge on any atom is 0.269 e. The van der Waals surface area contributed by atoms with E-state index in [0.29, 0.717) is 18.8 Å². The summed E-state index contributed by atoms with van der Waals surface area (Å²) in [5, 5.41) is 11.1. The SMILES string of the molecule is COc1cccc(-c2cc3n(n2)[C@@H](NCc2cccc(C)c2)CNC3=O)c1. The van der Waals surface area contributed by atoms with Crippen LogP contribution in [0.5, 0.6) is 5.75 Å². The maximum atomic E-state index is 12.3. The molecule has 1 amide bonds. The molecule has 2 N–H and O–H groups in total. The second kappa shape index (κ2) is 7.25.